The van der Waals surface area contributed by atoms with Crippen LogP contribution in [0.15, 0.2) is 0 Å². The Hall–Kier alpha value is -0.370. The molecule has 0 aromatic carbocycles. The van der Waals surface area contributed by atoms with E-state index < -0.39 is 6.10 Å². The van der Waals surface area contributed by atoms with Crippen LogP contribution >= 0.6 is 0 Å². The highest BCUT2D eigenvalue weighted by Gasteiger charge is 2.13. The molecule has 0 fully saturated rings. The molecule has 1 unspecified atom stereocenters. The summed E-state index contributed by atoms with van der Waals surface area (Å²) < 4.78 is 0. The molecule has 2 heteroatoms. The molecule has 0 spiro atoms. The quantitative estimate of drug-likeness (QED) is 0.0847. The molecule has 0 aromatic rings. The van der Waals surface area contributed by atoms with E-state index in [2.05, 4.69) is 13.8 Å². The van der Waals surface area contributed by atoms with Crippen molar-refractivity contribution in [3.8, 4) is 0 Å². The van der Waals surface area contributed by atoms with E-state index in [0.29, 0.717) is 12.8 Å². The number of Topliss-reactive ketones (excluding diaryl/α,β-unsaturated/α-hetero) is 1. The van der Waals surface area contributed by atoms with Gasteiger partial charge in [0, 0.05) is 6.42 Å². The highest BCUT2D eigenvalue weighted by atomic mass is 16.3. The number of hydrogen-bond acceptors (Lipinski definition) is 2. The molecule has 0 aliphatic carbocycles. The maximum atomic E-state index is 12.2. The number of carbonyl (C=O) groups excluding carboxylic acids is 1. The van der Waals surface area contributed by atoms with E-state index in [0.717, 1.165) is 19.3 Å². The summed E-state index contributed by atoms with van der Waals surface area (Å²) in [6.45, 7) is 4.57. The molecular weight excluding hydrogens is 464 g/mol. The highest BCUT2D eigenvalue weighted by Crippen LogP contribution is 2.16. The molecule has 0 radical (unpaired) electrons. The van der Waals surface area contributed by atoms with Gasteiger partial charge in [0.05, 0.1) is 0 Å². The lowest BCUT2D eigenvalue weighted by Crippen LogP contribution is -2.19. The summed E-state index contributed by atoms with van der Waals surface area (Å²) in [6.07, 6.45) is 40.9. The number of unbranched alkanes of at least 4 members (excludes halogenated alkanes) is 28. The molecule has 0 saturated heterocycles. The van der Waals surface area contributed by atoms with Crippen LogP contribution in [0.1, 0.15) is 219 Å². The first-order valence-corrected chi connectivity index (χ1v) is 17.9. The third kappa shape index (κ3) is 30.2. The zero-order valence-corrected chi connectivity index (χ0v) is 26.6. The third-order valence-corrected chi connectivity index (χ3v) is 8.48. The number of rotatable bonds is 33. The Morgan fingerprint density at radius 1 is 0.395 bits per heavy atom. The normalized spacial score (nSPS) is 12.3. The molecule has 0 amide bonds. The van der Waals surface area contributed by atoms with Crippen LogP contribution in [0, 0.1) is 0 Å². The number of aliphatic hydroxyl groups excluding tert-OH is 1. The van der Waals surface area contributed by atoms with Crippen molar-refractivity contribution < 1.29 is 9.90 Å². The molecule has 0 aliphatic rings. The van der Waals surface area contributed by atoms with Crippen LogP contribution in [-0.4, -0.2) is 17.0 Å². The average Bonchev–Trinajstić information content (AvgIpc) is 2.92. The molecule has 1 N–H and O–H groups in total. The molecule has 0 rings (SSSR count). The number of ketones is 1. The number of aliphatic hydroxyl groups is 1. The highest BCUT2D eigenvalue weighted by molar-refractivity contribution is 5.82. The van der Waals surface area contributed by atoms with E-state index >= 15 is 0 Å². The second-order valence-electron chi connectivity index (χ2n) is 12.4. The Kier molecular flexibility index (Phi) is 32.5. The van der Waals surface area contributed by atoms with Crippen molar-refractivity contribution in [3.05, 3.63) is 0 Å². The summed E-state index contributed by atoms with van der Waals surface area (Å²) in [5.74, 6) is 0.0880. The van der Waals surface area contributed by atoms with E-state index in [4.69, 9.17) is 0 Å². The van der Waals surface area contributed by atoms with Gasteiger partial charge in [-0.3, -0.25) is 4.79 Å². The number of carbonyl (C=O) groups is 1. The van der Waals surface area contributed by atoms with E-state index in [9.17, 15) is 9.90 Å². The van der Waals surface area contributed by atoms with Gasteiger partial charge in [0.2, 0.25) is 0 Å². The first-order valence-electron chi connectivity index (χ1n) is 17.9. The molecule has 0 bridgehead atoms. The fraction of sp³-hybridized carbons (Fsp3) is 0.972. The average molecular weight is 537 g/mol. The van der Waals surface area contributed by atoms with E-state index in [1.54, 1.807) is 0 Å². The maximum Gasteiger partial charge on any atom is 0.161 e. The van der Waals surface area contributed by atoms with Crippen molar-refractivity contribution in [2.75, 3.05) is 0 Å². The van der Waals surface area contributed by atoms with Crippen molar-refractivity contribution in [3.63, 3.8) is 0 Å². The fourth-order valence-corrected chi connectivity index (χ4v) is 5.71. The van der Waals surface area contributed by atoms with Crippen LogP contribution in [0.3, 0.4) is 0 Å². The maximum absolute atomic E-state index is 12.2. The lowest BCUT2D eigenvalue weighted by molar-refractivity contribution is -0.127. The predicted molar refractivity (Wildman–Crippen MR) is 170 cm³/mol. The van der Waals surface area contributed by atoms with Crippen molar-refractivity contribution in [1.29, 1.82) is 0 Å². The first kappa shape index (κ1) is 37.6. The minimum atomic E-state index is -0.705. The van der Waals surface area contributed by atoms with Gasteiger partial charge < -0.3 is 5.11 Å². The zero-order chi connectivity index (χ0) is 27.8. The van der Waals surface area contributed by atoms with Gasteiger partial charge in [-0.05, 0) is 12.8 Å². The molecule has 0 heterocycles. The fourth-order valence-electron chi connectivity index (χ4n) is 5.71. The molecule has 1 atom stereocenters. The van der Waals surface area contributed by atoms with Gasteiger partial charge in [-0.25, -0.2) is 0 Å². The van der Waals surface area contributed by atoms with Gasteiger partial charge >= 0.3 is 0 Å². The van der Waals surface area contributed by atoms with Crippen molar-refractivity contribution in [2.24, 2.45) is 0 Å². The molecule has 0 aromatic heterocycles. The molecular formula is C36H72O2. The topological polar surface area (TPSA) is 37.3 Å². The summed E-state index contributed by atoms with van der Waals surface area (Å²) in [7, 11) is 0. The second-order valence-corrected chi connectivity index (χ2v) is 12.4. The molecule has 228 valence electrons. The van der Waals surface area contributed by atoms with Crippen molar-refractivity contribution in [1.82, 2.24) is 0 Å². The summed E-state index contributed by atoms with van der Waals surface area (Å²) in [5.41, 5.74) is 0. The lowest BCUT2D eigenvalue weighted by Gasteiger charge is -2.09. The minimum absolute atomic E-state index is 0.0880. The van der Waals surface area contributed by atoms with Crippen LogP contribution in [0.4, 0.5) is 0 Å². The Balaban J connectivity index is 3.27. The summed E-state index contributed by atoms with van der Waals surface area (Å²) in [6, 6.07) is 0. The van der Waals surface area contributed by atoms with Crippen molar-refractivity contribution >= 4 is 5.78 Å². The monoisotopic (exact) mass is 537 g/mol. The standard InChI is InChI=1S/C36H72O2/c1-3-5-7-9-11-13-15-17-19-21-23-25-27-29-31-33-35(37)36(38)34-32-30-28-26-24-22-20-18-16-14-12-10-8-6-4-2/h35,37H,3-34H2,1-2H3. The van der Waals surface area contributed by atoms with Gasteiger partial charge in [-0.15, -0.1) is 0 Å². The van der Waals surface area contributed by atoms with Crippen LogP contribution in [0.2, 0.25) is 0 Å². The van der Waals surface area contributed by atoms with Gasteiger partial charge in [0.15, 0.2) is 5.78 Å². The largest absolute Gasteiger partial charge is 0.385 e. The minimum Gasteiger partial charge on any atom is -0.385 e. The Labute approximate surface area is 240 Å². The molecule has 0 saturated carbocycles. The SMILES string of the molecule is CCCCCCCCCCCCCCCCCC(=O)C(O)CCCCCCCCCCCCCCCCC. The van der Waals surface area contributed by atoms with E-state index in [1.807, 2.05) is 0 Å². The van der Waals surface area contributed by atoms with E-state index in [1.165, 1.54) is 173 Å². The van der Waals surface area contributed by atoms with Crippen LogP contribution in [-0.2, 0) is 4.79 Å². The Morgan fingerprint density at radius 3 is 0.921 bits per heavy atom. The van der Waals surface area contributed by atoms with Crippen LogP contribution < -0.4 is 0 Å². The smallest absolute Gasteiger partial charge is 0.161 e. The summed E-state index contributed by atoms with van der Waals surface area (Å²) >= 11 is 0. The summed E-state index contributed by atoms with van der Waals surface area (Å²) in [4.78, 5) is 12.2. The van der Waals surface area contributed by atoms with Gasteiger partial charge in [-0.1, -0.05) is 200 Å². The Morgan fingerprint density at radius 2 is 0.632 bits per heavy atom. The zero-order valence-electron chi connectivity index (χ0n) is 26.6. The predicted octanol–water partition coefficient (Wildman–Crippen LogP) is 12.4. The van der Waals surface area contributed by atoms with Crippen molar-refractivity contribution in [2.45, 2.75) is 225 Å². The Bertz CT molecular complexity index is 447. The van der Waals surface area contributed by atoms with Gasteiger partial charge in [0.1, 0.15) is 6.10 Å². The summed E-state index contributed by atoms with van der Waals surface area (Å²) in [5, 5.41) is 10.2. The van der Waals surface area contributed by atoms with E-state index in [-0.39, 0.29) is 5.78 Å². The van der Waals surface area contributed by atoms with Gasteiger partial charge in [-0.2, -0.15) is 0 Å². The number of hydrogen-bond donors (Lipinski definition) is 1. The van der Waals surface area contributed by atoms with Gasteiger partial charge in [0.25, 0.3) is 0 Å². The van der Waals surface area contributed by atoms with Crippen LogP contribution in [0.5, 0.6) is 0 Å². The molecule has 0 aliphatic heterocycles. The van der Waals surface area contributed by atoms with Crippen LogP contribution in [0.25, 0.3) is 0 Å². The molecule has 2 nitrogen and oxygen atoms in total. The third-order valence-electron chi connectivity index (χ3n) is 8.48. The first-order chi connectivity index (χ1) is 18.7. The lowest BCUT2D eigenvalue weighted by atomic mass is 10.00. The second kappa shape index (κ2) is 32.8. The molecule has 38 heavy (non-hydrogen) atoms.